The normalized spacial score (nSPS) is 10.3. The van der Waals surface area contributed by atoms with Gasteiger partial charge in [-0.3, -0.25) is 9.59 Å². The number of hydrogen-bond acceptors (Lipinski definition) is 6. The zero-order valence-electron chi connectivity index (χ0n) is 13.6. The molecule has 0 unspecified atom stereocenters. The Balaban J connectivity index is 2.00. The van der Waals surface area contributed by atoms with Crippen molar-refractivity contribution in [3.8, 4) is 5.75 Å². The van der Waals surface area contributed by atoms with Crippen molar-refractivity contribution >= 4 is 28.8 Å². The summed E-state index contributed by atoms with van der Waals surface area (Å²) in [5.41, 5.74) is 6.44. The first-order valence-electron chi connectivity index (χ1n) is 7.45. The highest BCUT2D eigenvalue weighted by Gasteiger charge is 2.20. The highest BCUT2D eigenvalue weighted by atomic mass is 32.1. The van der Waals surface area contributed by atoms with Crippen LogP contribution in [0, 0.1) is 0 Å². The van der Waals surface area contributed by atoms with Crippen LogP contribution in [0.5, 0.6) is 5.75 Å². The minimum atomic E-state index is -0.285. The lowest BCUT2D eigenvalue weighted by Gasteiger charge is -2.19. The van der Waals surface area contributed by atoms with E-state index in [2.05, 4.69) is 10.3 Å². The third-order valence-corrected chi connectivity index (χ3v) is 4.17. The summed E-state index contributed by atoms with van der Waals surface area (Å²) in [7, 11) is 1.56. The highest BCUT2D eigenvalue weighted by molar-refractivity contribution is 7.09. The van der Waals surface area contributed by atoms with Crippen molar-refractivity contribution in [3.05, 3.63) is 40.3 Å². The molecule has 0 saturated heterocycles. The van der Waals surface area contributed by atoms with E-state index in [-0.39, 0.29) is 18.4 Å². The van der Waals surface area contributed by atoms with Crippen LogP contribution < -0.4 is 15.8 Å². The number of benzene rings is 1. The Morgan fingerprint density at radius 3 is 2.83 bits per heavy atom. The van der Waals surface area contributed by atoms with Crippen LogP contribution in [0.4, 0.5) is 5.69 Å². The minimum absolute atomic E-state index is 0.0535. The number of methoxy groups -OCH3 is 1. The van der Waals surface area contributed by atoms with Crippen molar-refractivity contribution in [1.82, 2.24) is 9.88 Å². The number of carbonyl (C=O) groups is 2. The largest absolute Gasteiger partial charge is 0.497 e. The predicted octanol–water partition coefficient (Wildman–Crippen LogP) is 1.71. The molecule has 0 aliphatic rings. The van der Waals surface area contributed by atoms with Gasteiger partial charge >= 0.3 is 0 Å². The smallest absolute Gasteiger partial charge is 0.273 e. The topological polar surface area (TPSA) is 97.6 Å². The number of carbonyl (C=O) groups excluding carboxylic acids is 2. The van der Waals surface area contributed by atoms with Crippen molar-refractivity contribution in [1.29, 1.82) is 0 Å². The van der Waals surface area contributed by atoms with E-state index in [1.807, 2.05) is 6.92 Å². The SMILES string of the molecule is CCN(CC(=O)Nc1cccc(OC)c1)C(=O)c1csc(CN)n1. The Bertz CT molecular complexity index is 717. The molecule has 0 radical (unpaired) electrons. The molecule has 1 aromatic carbocycles. The summed E-state index contributed by atoms with van der Waals surface area (Å²) in [6, 6.07) is 7.03. The predicted molar refractivity (Wildman–Crippen MR) is 93.2 cm³/mol. The average molecular weight is 348 g/mol. The third kappa shape index (κ3) is 4.53. The third-order valence-electron chi connectivity index (χ3n) is 3.30. The van der Waals surface area contributed by atoms with Gasteiger partial charge in [0.2, 0.25) is 5.91 Å². The number of hydrogen-bond donors (Lipinski definition) is 2. The first-order chi connectivity index (χ1) is 11.6. The summed E-state index contributed by atoms with van der Waals surface area (Å²) in [6.45, 7) is 2.45. The molecule has 1 heterocycles. The summed E-state index contributed by atoms with van der Waals surface area (Å²) in [5, 5.41) is 5.10. The molecule has 2 aromatic rings. The van der Waals surface area contributed by atoms with Gasteiger partial charge in [0, 0.05) is 30.2 Å². The van der Waals surface area contributed by atoms with Crippen LogP contribution >= 0.6 is 11.3 Å². The van der Waals surface area contributed by atoms with E-state index in [0.29, 0.717) is 35.2 Å². The van der Waals surface area contributed by atoms with Crippen LogP contribution in [-0.4, -0.2) is 41.9 Å². The molecule has 0 fully saturated rings. The summed E-state index contributed by atoms with van der Waals surface area (Å²) < 4.78 is 5.11. The second-order valence-electron chi connectivity index (χ2n) is 4.93. The minimum Gasteiger partial charge on any atom is -0.497 e. The maximum Gasteiger partial charge on any atom is 0.273 e. The van der Waals surface area contributed by atoms with E-state index in [9.17, 15) is 9.59 Å². The number of anilines is 1. The molecule has 2 amide bonds. The van der Waals surface area contributed by atoms with Gasteiger partial charge in [0.15, 0.2) is 0 Å². The van der Waals surface area contributed by atoms with Gasteiger partial charge in [-0.15, -0.1) is 11.3 Å². The number of likely N-dealkylation sites (N-methyl/N-ethyl adjacent to an activating group) is 1. The maximum atomic E-state index is 12.4. The zero-order chi connectivity index (χ0) is 17.5. The second kappa shape index (κ2) is 8.42. The maximum absolute atomic E-state index is 12.4. The average Bonchev–Trinajstić information content (AvgIpc) is 3.08. The van der Waals surface area contributed by atoms with Gasteiger partial charge in [-0.05, 0) is 19.1 Å². The number of nitrogens with two attached hydrogens (primary N) is 1. The van der Waals surface area contributed by atoms with Crippen LogP contribution in [0.2, 0.25) is 0 Å². The van der Waals surface area contributed by atoms with Crippen LogP contribution in [0.15, 0.2) is 29.6 Å². The molecule has 0 bridgehead atoms. The number of aromatic nitrogens is 1. The molecule has 0 aliphatic heterocycles. The zero-order valence-corrected chi connectivity index (χ0v) is 14.4. The van der Waals surface area contributed by atoms with Gasteiger partial charge in [0.1, 0.15) is 23.0 Å². The molecule has 24 heavy (non-hydrogen) atoms. The number of amides is 2. The van der Waals surface area contributed by atoms with E-state index in [1.54, 1.807) is 36.8 Å². The Morgan fingerprint density at radius 2 is 2.21 bits per heavy atom. The molecular formula is C16H20N4O3S. The number of ether oxygens (including phenoxy) is 1. The Hall–Kier alpha value is -2.45. The lowest BCUT2D eigenvalue weighted by Crippen LogP contribution is -2.38. The fraction of sp³-hybridized carbons (Fsp3) is 0.312. The van der Waals surface area contributed by atoms with Crippen LogP contribution in [0.1, 0.15) is 22.4 Å². The molecule has 1 aromatic heterocycles. The van der Waals surface area contributed by atoms with Gasteiger partial charge in [-0.2, -0.15) is 0 Å². The Morgan fingerprint density at radius 1 is 1.42 bits per heavy atom. The fourth-order valence-corrected chi connectivity index (χ4v) is 2.72. The van der Waals surface area contributed by atoms with Gasteiger partial charge in [-0.25, -0.2) is 4.98 Å². The van der Waals surface area contributed by atoms with Crippen molar-refractivity contribution in [2.45, 2.75) is 13.5 Å². The summed E-state index contributed by atoms with van der Waals surface area (Å²) in [6.07, 6.45) is 0. The van der Waals surface area contributed by atoms with Gasteiger partial charge in [0.25, 0.3) is 5.91 Å². The fourth-order valence-electron chi connectivity index (χ4n) is 2.07. The van der Waals surface area contributed by atoms with Gasteiger partial charge < -0.3 is 20.7 Å². The van der Waals surface area contributed by atoms with E-state index < -0.39 is 0 Å². The first-order valence-corrected chi connectivity index (χ1v) is 8.33. The number of rotatable bonds is 7. The lowest BCUT2D eigenvalue weighted by atomic mass is 10.3. The quantitative estimate of drug-likeness (QED) is 0.794. The summed E-state index contributed by atoms with van der Waals surface area (Å²) >= 11 is 1.33. The van der Waals surface area contributed by atoms with E-state index >= 15 is 0 Å². The highest BCUT2D eigenvalue weighted by Crippen LogP contribution is 2.17. The monoisotopic (exact) mass is 348 g/mol. The Kier molecular flexibility index (Phi) is 6.28. The lowest BCUT2D eigenvalue weighted by molar-refractivity contribution is -0.116. The second-order valence-corrected chi connectivity index (χ2v) is 5.87. The molecule has 0 saturated carbocycles. The molecule has 7 nitrogen and oxygen atoms in total. The summed E-state index contributed by atoms with van der Waals surface area (Å²) in [4.78, 5) is 30.2. The van der Waals surface area contributed by atoms with Crippen LogP contribution in [0.3, 0.4) is 0 Å². The van der Waals surface area contributed by atoms with Gasteiger partial charge in [-0.1, -0.05) is 6.07 Å². The Labute approximate surface area is 144 Å². The van der Waals surface area contributed by atoms with E-state index in [4.69, 9.17) is 10.5 Å². The van der Waals surface area contributed by atoms with Crippen molar-refractivity contribution in [3.63, 3.8) is 0 Å². The van der Waals surface area contributed by atoms with Crippen LogP contribution in [-0.2, 0) is 11.3 Å². The first kappa shape index (κ1) is 17.9. The van der Waals surface area contributed by atoms with E-state index in [0.717, 1.165) is 0 Å². The molecule has 0 spiro atoms. The molecule has 2 rings (SSSR count). The molecular weight excluding hydrogens is 328 g/mol. The van der Waals surface area contributed by atoms with Crippen molar-refractivity contribution < 1.29 is 14.3 Å². The molecule has 128 valence electrons. The molecule has 0 atom stereocenters. The van der Waals surface area contributed by atoms with E-state index in [1.165, 1.54) is 16.2 Å². The van der Waals surface area contributed by atoms with Gasteiger partial charge in [0.05, 0.1) is 7.11 Å². The number of nitrogens with zero attached hydrogens (tertiary/aromatic N) is 2. The molecule has 3 N–H and O–H groups in total. The van der Waals surface area contributed by atoms with Crippen LogP contribution in [0.25, 0.3) is 0 Å². The molecule has 8 heteroatoms. The number of thiazole rings is 1. The molecule has 0 aliphatic carbocycles. The number of nitrogens with one attached hydrogen (secondary N) is 1. The van der Waals surface area contributed by atoms with Crippen molar-refractivity contribution in [2.75, 3.05) is 25.5 Å². The van der Waals surface area contributed by atoms with Crippen molar-refractivity contribution in [2.24, 2.45) is 5.73 Å². The summed E-state index contributed by atoms with van der Waals surface area (Å²) in [5.74, 6) is 0.0787. The standard InChI is InChI=1S/C16H20N4O3S/c1-3-20(16(22)13-10-24-15(8-17)19-13)9-14(21)18-11-5-4-6-12(7-11)23-2/h4-7,10H,3,8-9,17H2,1-2H3,(H,18,21).